The summed E-state index contributed by atoms with van der Waals surface area (Å²) in [6.07, 6.45) is 5.42. The number of morpholine rings is 1. The zero-order chi connectivity index (χ0) is 21.3. The molecule has 9 heteroatoms. The minimum Gasteiger partial charge on any atom is -0.379 e. The van der Waals surface area contributed by atoms with E-state index in [0.717, 1.165) is 58.2 Å². The van der Waals surface area contributed by atoms with Gasteiger partial charge in [-0.1, -0.05) is 26.7 Å². The van der Waals surface area contributed by atoms with E-state index in [9.17, 15) is 8.42 Å². The van der Waals surface area contributed by atoms with Gasteiger partial charge >= 0.3 is 0 Å². The third-order valence-electron chi connectivity index (χ3n) is 6.41. The van der Waals surface area contributed by atoms with Crippen LogP contribution in [-0.2, 0) is 14.8 Å². The highest BCUT2D eigenvalue weighted by Crippen LogP contribution is 2.20. The third kappa shape index (κ3) is 7.70. The molecule has 0 aromatic heterocycles. The van der Waals surface area contributed by atoms with Gasteiger partial charge in [0.05, 0.1) is 19.5 Å². The number of hydrogen-bond donors (Lipinski definition) is 2. The van der Waals surface area contributed by atoms with Gasteiger partial charge in [-0.2, -0.15) is 0 Å². The second kappa shape index (κ2) is 12.1. The Morgan fingerprint density at radius 2 is 1.72 bits per heavy atom. The second-order valence-electron chi connectivity index (χ2n) is 8.23. The van der Waals surface area contributed by atoms with E-state index in [4.69, 9.17) is 4.74 Å². The lowest BCUT2D eigenvalue weighted by molar-refractivity contribution is 0.00271. The summed E-state index contributed by atoms with van der Waals surface area (Å²) in [5.41, 5.74) is 0. The highest BCUT2D eigenvalue weighted by Gasteiger charge is 2.28. The first-order valence-electron chi connectivity index (χ1n) is 11.1. The molecule has 1 unspecified atom stereocenters. The van der Waals surface area contributed by atoms with Crippen molar-refractivity contribution in [1.82, 2.24) is 19.8 Å². The molecule has 8 nitrogen and oxygen atoms in total. The van der Waals surface area contributed by atoms with Gasteiger partial charge in [-0.05, 0) is 24.7 Å². The molecule has 2 heterocycles. The van der Waals surface area contributed by atoms with Crippen molar-refractivity contribution in [2.24, 2.45) is 16.8 Å². The number of aliphatic imine (C=N–C) groups is 1. The Labute approximate surface area is 177 Å². The van der Waals surface area contributed by atoms with Crippen LogP contribution < -0.4 is 10.6 Å². The number of piperidine rings is 1. The highest BCUT2D eigenvalue weighted by atomic mass is 32.2. The molecule has 2 N–H and O–H groups in total. The zero-order valence-corrected chi connectivity index (χ0v) is 19.5. The van der Waals surface area contributed by atoms with Crippen LogP contribution in [0.3, 0.4) is 0 Å². The molecule has 2 rings (SSSR count). The largest absolute Gasteiger partial charge is 0.379 e. The Kier molecular flexibility index (Phi) is 10.1. The van der Waals surface area contributed by atoms with Crippen molar-refractivity contribution in [1.29, 1.82) is 0 Å². The van der Waals surface area contributed by atoms with Crippen molar-refractivity contribution in [2.75, 3.05) is 65.8 Å². The molecule has 1 atom stereocenters. The number of sulfonamides is 1. The van der Waals surface area contributed by atoms with E-state index in [2.05, 4.69) is 34.4 Å². The Bertz CT molecular complexity index is 595. The second-order valence-corrected chi connectivity index (χ2v) is 10.2. The lowest BCUT2D eigenvalue weighted by Crippen LogP contribution is -2.53. The van der Waals surface area contributed by atoms with Crippen LogP contribution in [0.5, 0.6) is 0 Å². The van der Waals surface area contributed by atoms with Gasteiger partial charge in [0.25, 0.3) is 0 Å². The van der Waals surface area contributed by atoms with Crippen molar-refractivity contribution in [3.05, 3.63) is 0 Å². The minimum absolute atomic E-state index is 0.473. The number of hydrogen-bond acceptors (Lipinski definition) is 5. The van der Waals surface area contributed by atoms with Crippen LogP contribution in [0.25, 0.3) is 0 Å². The molecule has 0 spiro atoms. The molecule has 0 radical (unpaired) electrons. The average Bonchev–Trinajstić information content (AvgIpc) is 2.73. The van der Waals surface area contributed by atoms with Gasteiger partial charge in [0.2, 0.25) is 10.0 Å². The quantitative estimate of drug-likeness (QED) is 0.418. The Morgan fingerprint density at radius 1 is 1.10 bits per heavy atom. The van der Waals surface area contributed by atoms with Crippen molar-refractivity contribution in [3.63, 3.8) is 0 Å². The molecule has 2 aliphatic heterocycles. The normalized spacial score (nSPS) is 22.0. The summed E-state index contributed by atoms with van der Waals surface area (Å²) < 4.78 is 30.4. The molecule has 2 fully saturated rings. The first-order chi connectivity index (χ1) is 13.9. The molecule has 0 aromatic rings. The predicted octanol–water partition coefficient (Wildman–Crippen LogP) is 0.960. The predicted molar refractivity (Wildman–Crippen MR) is 119 cm³/mol. The molecule has 2 saturated heterocycles. The maximum Gasteiger partial charge on any atom is 0.211 e. The molecule has 0 bridgehead atoms. The van der Waals surface area contributed by atoms with E-state index < -0.39 is 10.0 Å². The van der Waals surface area contributed by atoms with Crippen LogP contribution in [0.4, 0.5) is 0 Å². The molecule has 0 aromatic carbocycles. The maximum atomic E-state index is 11.7. The topological polar surface area (TPSA) is 86.3 Å². The van der Waals surface area contributed by atoms with Gasteiger partial charge in [0, 0.05) is 52.4 Å². The van der Waals surface area contributed by atoms with Crippen molar-refractivity contribution in [3.8, 4) is 0 Å². The molecular weight excluding hydrogens is 390 g/mol. The Morgan fingerprint density at radius 3 is 2.24 bits per heavy atom. The summed E-state index contributed by atoms with van der Waals surface area (Å²) in [5.74, 6) is 1.96. The fraction of sp³-hybridized carbons (Fsp3) is 0.950. The smallest absolute Gasteiger partial charge is 0.211 e. The van der Waals surface area contributed by atoms with Crippen LogP contribution in [0.2, 0.25) is 0 Å². The summed E-state index contributed by atoms with van der Waals surface area (Å²) in [4.78, 5) is 6.96. The van der Waals surface area contributed by atoms with Crippen LogP contribution in [0.1, 0.15) is 39.5 Å². The van der Waals surface area contributed by atoms with E-state index >= 15 is 0 Å². The molecule has 0 saturated carbocycles. The van der Waals surface area contributed by atoms with Crippen LogP contribution in [0, 0.1) is 11.8 Å². The average molecular weight is 432 g/mol. The molecular formula is C20H41N5O3S. The number of guanidine groups is 1. The highest BCUT2D eigenvalue weighted by molar-refractivity contribution is 7.88. The summed E-state index contributed by atoms with van der Waals surface area (Å²) in [6.45, 7) is 11.1. The fourth-order valence-electron chi connectivity index (χ4n) is 4.44. The molecule has 170 valence electrons. The SMILES string of the molecule is CCC(CC)C(CNC(=NC)NCC1CCN(S(C)(=O)=O)CC1)N1CCOCC1. The number of nitrogens with one attached hydrogen (secondary N) is 2. The van der Waals surface area contributed by atoms with E-state index in [1.165, 1.54) is 19.1 Å². The summed E-state index contributed by atoms with van der Waals surface area (Å²) in [7, 11) is -1.26. The molecule has 0 aliphatic carbocycles. The van der Waals surface area contributed by atoms with Crippen LogP contribution in [0.15, 0.2) is 4.99 Å². The number of ether oxygens (including phenoxy) is 1. The minimum atomic E-state index is -3.06. The van der Waals surface area contributed by atoms with Crippen molar-refractivity contribution in [2.45, 2.75) is 45.6 Å². The van der Waals surface area contributed by atoms with Gasteiger partial charge in [0.1, 0.15) is 0 Å². The van der Waals surface area contributed by atoms with Crippen molar-refractivity contribution >= 4 is 16.0 Å². The van der Waals surface area contributed by atoms with Gasteiger partial charge in [-0.3, -0.25) is 9.89 Å². The maximum absolute atomic E-state index is 11.7. The van der Waals surface area contributed by atoms with Gasteiger partial charge in [-0.25, -0.2) is 12.7 Å². The standard InChI is InChI=1S/C20H41N5O3S/c1-5-18(6-2)19(24-11-13-28-14-12-24)16-23-20(21-3)22-15-17-7-9-25(10-8-17)29(4,26)27/h17-19H,5-16H2,1-4H3,(H2,21,22,23). The lowest BCUT2D eigenvalue weighted by atomic mass is 9.92. The Hall–Kier alpha value is -0.900. The van der Waals surface area contributed by atoms with Crippen LogP contribution >= 0.6 is 0 Å². The van der Waals surface area contributed by atoms with E-state index in [-0.39, 0.29) is 0 Å². The lowest BCUT2D eigenvalue weighted by Gasteiger charge is -2.39. The number of nitrogens with zero attached hydrogens (tertiary/aromatic N) is 3. The van der Waals surface area contributed by atoms with E-state index in [1.54, 1.807) is 4.31 Å². The first kappa shape index (κ1) is 24.4. The van der Waals surface area contributed by atoms with Gasteiger partial charge < -0.3 is 15.4 Å². The van der Waals surface area contributed by atoms with Gasteiger partial charge in [-0.15, -0.1) is 0 Å². The molecule has 29 heavy (non-hydrogen) atoms. The summed E-state index contributed by atoms with van der Waals surface area (Å²) >= 11 is 0. The fourth-order valence-corrected chi connectivity index (χ4v) is 5.32. The van der Waals surface area contributed by atoms with Crippen LogP contribution in [-0.4, -0.2) is 95.4 Å². The van der Waals surface area contributed by atoms with E-state index in [0.29, 0.717) is 31.0 Å². The molecule has 0 amide bonds. The molecule has 2 aliphatic rings. The van der Waals surface area contributed by atoms with E-state index in [1.807, 2.05) is 7.05 Å². The summed E-state index contributed by atoms with van der Waals surface area (Å²) in [5, 5.41) is 6.99. The number of rotatable bonds is 9. The Balaban J connectivity index is 1.82. The first-order valence-corrected chi connectivity index (χ1v) is 12.9. The zero-order valence-electron chi connectivity index (χ0n) is 18.7. The third-order valence-corrected chi connectivity index (χ3v) is 7.71. The monoisotopic (exact) mass is 431 g/mol. The summed E-state index contributed by atoms with van der Waals surface area (Å²) in [6, 6.07) is 0.477. The van der Waals surface area contributed by atoms with Crippen molar-refractivity contribution < 1.29 is 13.2 Å². The van der Waals surface area contributed by atoms with Gasteiger partial charge in [0.15, 0.2) is 5.96 Å².